The number of fused-ring (bicyclic) bond motifs is 7. The van der Waals surface area contributed by atoms with Gasteiger partial charge in [0.2, 0.25) is 0 Å². The van der Waals surface area contributed by atoms with E-state index >= 15 is 0 Å². The summed E-state index contributed by atoms with van der Waals surface area (Å²) < 4.78 is 4.77. The van der Waals surface area contributed by atoms with Crippen molar-refractivity contribution in [2.75, 3.05) is 0 Å². The predicted octanol–water partition coefficient (Wildman–Crippen LogP) is 11.0. The summed E-state index contributed by atoms with van der Waals surface area (Å²) in [6.07, 6.45) is 0. The summed E-state index contributed by atoms with van der Waals surface area (Å²) >= 11 is 0. The Balaban J connectivity index is 1.44. The van der Waals surface area contributed by atoms with Crippen LogP contribution in [0.1, 0.15) is 11.1 Å². The van der Waals surface area contributed by atoms with Crippen molar-refractivity contribution in [2.24, 2.45) is 0 Å². The fraction of sp³-hybridized carbons (Fsp3) is 0. The molecule has 7 aromatic carbocycles. The normalized spacial score (nSPS) is 11.3. The molecule has 4 nitrogen and oxygen atoms in total. The average molecular weight is 611 g/mol. The number of aromatic nitrogens is 2. The van der Waals surface area contributed by atoms with Gasteiger partial charge in [-0.25, -0.2) is 0 Å². The number of nitriles is 2. The maximum absolute atomic E-state index is 10.0. The molecule has 0 atom stereocenters. The molecule has 0 N–H and O–H groups in total. The van der Waals surface area contributed by atoms with Gasteiger partial charge in [0.05, 0.1) is 51.0 Å². The summed E-state index contributed by atoms with van der Waals surface area (Å²) in [6, 6.07) is 59.0. The quantitative estimate of drug-likeness (QED) is 0.199. The first-order chi connectivity index (χ1) is 23.7. The highest BCUT2D eigenvalue weighted by molar-refractivity contribution is 6.26. The number of para-hydroxylation sites is 3. The summed E-state index contributed by atoms with van der Waals surface area (Å²) in [5, 5.41) is 24.4. The van der Waals surface area contributed by atoms with Gasteiger partial charge in [0, 0.05) is 38.4 Å². The lowest BCUT2D eigenvalue weighted by atomic mass is 9.93. The topological polar surface area (TPSA) is 57.4 Å². The first-order valence-corrected chi connectivity index (χ1v) is 15.9. The summed E-state index contributed by atoms with van der Waals surface area (Å²) in [7, 11) is 0. The lowest BCUT2D eigenvalue weighted by Gasteiger charge is -2.17. The van der Waals surface area contributed by atoms with Crippen LogP contribution in [0, 0.1) is 22.7 Å². The van der Waals surface area contributed by atoms with E-state index in [1.54, 1.807) is 12.1 Å². The second kappa shape index (κ2) is 10.9. The van der Waals surface area contributed by atoms with Crippen molar-refractivity contribution in [3.63, 3.8) is 0 Å². The van der Waals surface area contributed by atoms with Crippen LogP contribution in [0.5, 0.6) is 0 Å². The van der Waals surface area contributed by atoms with Gasteiger partial charge in [-0.15, -0.1) is 0 Å². The minimum absolute atomic E-state index is 0.522. The maximum atomic E-state index is 10.0. The van der Waals surface area contributed by atoms with Crippen LogP contribution in [0.3, 0.4) is 0 Å². The Kier molecular flexibility index (Phi) is 6.22. The van der Waals surface area contributed by atoms with Gasteiger partial charge in [-0.05, 0) is 71.8 Å². The second-order valence-corrected chi connectivity index (χ2v) is 12.0. The Morgan fingerprint density at radius 2 is 1.12 bits per heavy atom. The molecule has 4 heteroatoms. The van der Waals surface area contributed by atoms with Crippen molar-refractivity contribution >= 4 is 43.6 Å². The highest BCUT2D eigenvalue weighted by Crippen LogP contribution is 2.44. The van der Waals surface area contributed by atoms with Crippen LogP contribution < -0.4 is 0 Å². The Morgan fingerprint density at radius 3 is 1.88 bits per heavy atom. The smallest absolute Gasteiger partial charge is 0.0998 e. The molecule has 0 aliphatic heterocycles. The highest BCUT2D eigenvalue weighted by Gasteiger charge is 2.22. The molecule has 0 saturated heterocycles. The molecule has 0 radical (unpaired) electrons. The van der Waals surface area contributed by atoms with Gasteiger partial charge in [0.15, 0.2) is 0 Å². The third-order valence-electron chi connectivity index (χ3n) is 9.39. The van der Waals surface area contributed by atoms with E-state index < -0.39 is 0 Å². The van der Waals surface area contributed by atoms with Crippen molar-refractivity contribution in [2.45, 2.75) is 0 Å². The van der Waals surface area contributed by atoms with E-state index in [0.29, 0.717) is 11.1 Å². The Morgan fingerprint density at radius 1 is 0.438 bits per heavy atom. The van der Waals surface area contributed by atoms with Gasteiger partial charge in [0.25, 0.3) is 0 Å². The first-order valence-electron chi connectivity index (χ1n) is 15.9. The van der Waals surface area contributed by atoms with E-state index in [9.17, 15) is 10.5 Å². The molecule has 9 rings (SSSR count). The number of rotatable bonds is 4. The van der Waals surface area contributed by atoms with E-state index in [1.165, 1.54) is 21.5 Å². The number of hydrogen-bond donors (Lipinski definition) is 0. The molecule has 0 bridgehead atoms. The minimum atomic E-state index is 0.522. The lowest BCUT2D eigenvalue weighted by molar-refractivity contribution is 1.17. The molecule has 0 saturated carbocycles. The summed E-state index contributed by atoms with van der Waals surface area (Å²) in [4.78, 5) is 0. The molecule has 0 aliphatic rings. The van der Waals surface area contributed by atoms with E-state index in [2.05, 4.69) is 155 Å². The molecule has 222 valence electrons. The molecule has 9 aromatic rings. The van der Waals surface area contributed by atoms with Crippen LogP contribution >= 0.6 is 0 Å². The first kappa shape index (κ1) is 27.4. The summed E-state index contributed by atoms with van der Waals surface area (Å²) in [5.41, 5.74) is 11.5. The second-order valence-electron chi connectivity index (χ2n) is 12.0. The van der Waals surface area contributed by atoms with Crippen molar-refractivity contribution in [1.82, 2.24) is 9.13 Å². The van der Waals surface area contributed by atoms with Crippen molar-refractivity contribution in [3.8, 4) is 45.8 Å². The minimum Gasteiger partial charge on any atom is -0.309 e. The molecule has 0 spiro atoms. The van der Waals surface area contributed by atoms with Gasteiger partial charge in [0.1, 0.15) is 0 Å². The number of hydrogen-bond acceptors (Lipinski definition) is 2. The molecule has 0 amide bonds. The average Bonchev–Trinajstić information content (AvgIpc) is 3.68. The van der Waals surface area contributed by atoms with E-state index in [4.69, 9.17) is 0 Å². The SMILES string of the molecule is N#Cc1ccc(C#N)c(-c2ccc(-n3c4ccccc4c4ccc5c(c6ccccc6n5-c5ccccc5)c43)c(-c3ccccc3)c2)c1. The Bertz CT molecular complexity index is 2790. The fourth-order valence-electron chi connectivity index (χ4n) is 7.31. The van der Waals surface area contributed by atoms with Gasteiger partial charge in [-0.3, -0.25) is 0 Å². The van der Waals surface area contributed by atoms with Crippen LogP contribution in [0.25, 0.3) is 77.2 Å². The van der Waals surface area contributed by atoms with E-state index in [0.717, 1.165) is 55.7 Å². The Labute approximate surface area is 277 Å². The van der Waals surface area contributed by atoms with Gasteiger partial charge < -0.3 is 9.13 Å². The molecular formula is C44H26N4. The largest absolute Gasteiger partial charge is 0.309 e. The van der Waals surface area contributed by atoms with E-state index in [-0.39, 0.29) is 0 Å². The molecule has 2 heterocycles. The standard InChI is InChI=1S/C44H26N4/c45-27-29-19-20-32(28-46)37(25-29)31-21-23-41(38(26-31)30-11-3-1-4-12-30)48-39-17-9-7-15-34(39)35-22-24-42-43(44(35)48)36-16-8-10-18-40(36)47(42)33-13-5-2-6-14-33/h1-26H. The molecule has 2 aromatic heterocycles. The molecular weight excluding hydrogens is 585 g/mol. The van der Waals surface area contributed by atoms with Gasteiger partial charge >= 0.3 is 0 Å². The van der Waals surface area contributed by atoms with Crippen LogP contribution in [0.4, 0.5) is 0 Å². The maximum Gasteiger partial charge on any atom is 0.0998 e. The Hall–Kier alpha value is -6.88. The summed E-state index contributed by atoms with van der Waals surface area (Å²) in [6.45, 7) is 0. The number of benzene rings is 7. The predicted molar refractivity (Wildman–Crippen MR) is 195 cm³/mol. The third-order valence-corrected chi connectivity index (χ3v) is 9.39. The van der Waals surface area contributed by atoms with Crippen molar-refractivity contribution in [3.05, 3.63) is 169 Å². The van der Waals surface area contributed by atoms with Gasteiger partial charge in [-0.2, -0.15) is 10.5 Å². The lowest BCUT2D eigenvalue weighted by Crippen LogP contribution is -1.99. The monoisotopic (exact) mass is 610 g/mol. The highest BCUT2D eigenvalue weighted by atomic mass is 15.0. The summed E-state index contributed by atoms with van der Waals surface area (Å²) in [5.74, 6) is 0. The fourth-order valence-corrected chi connectivity index (χ4v) is 7.31. The van der Waals surface area contributed by atoms with Gasteiger partial charge in [-0.1, -0.05) is 97.1 Å². The zero-order valence-electron chi connectivity index (χ0n) is 25.8. The zero-order chi connectivity index (χ0) is 32.2. The number of nitrogens with zero attached hydrogens (tertiary/aromatic N) is 4. The molecule has 0 aliphatic carbocycles. The molecule has 0 unspecified atom stereocenters. The van der Waals surface area contributed by atoms with Crippen molar-refractivity contribution in [1.29, 1.82) is 10.5 Å². The van der Waals surface area contributed by atoms with Crippen LogP contribution in [-0.2, 0) is 0 Å². The van der Waals surface area contributed by atoms with Crippen LogP contribution in [0.15, 0.2) is 158 Å². The zero-order valence-corrected chi connectivity index (χ0v) is 25.8. The van der Waals surface area contributed by atoms with Crippen LogP contribution in [0.2, 0.25) is 0 Å². The molecule has 0 fully saturated rings. The van der Waals surface area contributed by atoms with Crippen molar-refractivity contribution < 1.29 is 0 Å². The molecule has 48 heavy (non-hydrogen) atoms. The van der Waals surface area contributed by atoms with Crippen LogP contribution in [-0.4, -0.2) is 9.13 Å². The third kappa shape index (κ3) is 4.07. The van der Waals surface area contributed by atoms with E-state index in [1.807, 2.05) is 12.1 Å².